The van der Waals surface area contributed by atoms with E-state index in [9.17, 15) is 9.90 Å². The van der Waals surface area contributed by atoms with Crippen LogP contribution in [0, 0.1) is 5.92 Å². The number of aliphatic hydroxyl groups is 1. The van der Waals surface area contributed by atoms with E-state index in [1.807, 2.05) is 74.5 Å². The molecule has 0 aliphatic heterocycles. The van der Waals surface area contributed by atoms with Crippen LogP contribution in [0.5, 0.6) is 0 Å². The van der Waals surface area contributed by atoms with Crippen LogP contribution in [0.2, 0.25) is 0 Å². The molecule has 2 atom stereocenters. The minimum atomic E-state index is -1.33. The van der Waals surface area contributed by atoms with Gasteiger partial charge in [-0.15, -0.1) is 0 Å². The molecule has 0 spiro atoms. The fourth-order valence-corrected chi connectivity index (χ4v) is 2.59. The van der Waals surface area contributed by atoms with Gasteiger partial charge >= 0.3 is 0 Å². The van der Waals surface area contributed by atoms with Crippen molar-refractivity contribution in [3.8, 4) is 0 Å². The lowest BCUT2D eigenvalue weighted by Gasteiger charge is -2.28. The van der Waals surface area contributed by atoms with Crippen LogP contribution in [-0.2, 0) is 22.6 Å². The molecule has 136 valence electrons. The Morgan fingerprint density at radius 2 is 1.48 bits per heavy atom. The number of ether oxygens (including phenoxy) is 1. The molecule has 0 amide bonds. The molecule has 0 fully saturated rings. The predicted octanol–water partition coefficient (Wildman–Crippen LogP) is 4.78. The van der Waals surface area contributed by atoms with E-state index in [2.05, 4.69) is 0 Å². The number of carbonyl (C=O) groups is 1. The molecule has 2 unspecified atom stereocenters. The van der Waals surface area contributed by atoms with Gasteiger partial charge in [-0.3, -0.25) is 4.79 Å². The van der Waals surface area contributed by atoms with E-state index in [4.69, 9.17) is 4.74 Å². The summed E-state index contributed by atoms with van der Waals surface area (Å²) < 4.78 is 5.64. The number of hydrogen-bond acceptors (Lipinski definition) is 3. The van der Waals surface area contributed by atoms with E-state index in [0.29, 0.717) is 13.0 Å². The van der Waals surface area contributed by atoms with Crippen molar-refractivity contribution in [2.75, 3.05) is 0 Å². The summed E-state index contributed by atoms with van der Waals surface area (Å²) in [4.78, 5) is 11.9. The summed E-state index contributed by atoms with van der Waals surface area (Å²) in [5, 5.41) is 10.5. The fraction of sp³-hybridized carbons (Fsp3) is 0.409. The lowest BCUT2D eigenvalue weighted by atomic mass is 9.89. The van der Waals surface area contributed by atoms with Gasteiger partial charge in [0.25, 0.3) is 0 Å². The maximum Gasteiger partial charge on any atom is 0.163 e. The van der Waals surface area contributed by atoms with Gasteiger partial charge in [0.05, 0.1) is 6.61 Å². The molecule has 1 N–H and O–H groups in total. The van der Waals surface area contributed by atoms with Gasteiger partial charge in [-0.2, -0.15) is 0 Å². The Kier molecular flexibility index (Phi) is 9.11. The normalized spacial score (nSPS) is 14.0. The highest BCUT2D eigenvalue weighted by atomic mass is 16.6. The van der Waals surface area contributed by atoms with Crippen LogP contribution in [0.15, 0.2) is 60.7 Å². The molecule has 0 saturated heterocycles. The molecule has 2 aromatic carbocycles. The third-order valence-corrected chi connectivity index (χ3v) is 3.92. The molecule has 0 aliphatic rings. The Hall–Kier alpha value is -1.97. The number of Topliss-reactive ketones (excluding diaryl/α,β-unsaturated/α-hetero) is 1. The van der Waals surface area contributed by atoms with Crippen LogP contribution in [-0.4, -0.2) is 16.7 Å². The maximum absolute atomic E-state index is 11.9. The van der Waals surface area contributed by atoms with Crippen molar-refractivity contribution in [1.82, 2.24) is 0 Å². The average molecular weight is 342 g/mol. The van der Waals surface area contributed by atoms with Gasteiger partial charge in [-0.25, -0.2) is 0 Å². The van der Waals surface area contributed by atoms with Gasteiger partial charge in [-0.05, 0) is 31.4 Å². The molecule has 0 aliphatic carbocycles. The summed E-state index contributed by atoms with van der Waals surface area (Å²) in [6, 6.07) is 19.5. The Morgan fingerprint density at radius 1 is 1.00 bits per heavy atom. The quantitative estimate of drug-likeness (QED) is 0.703. The van der Waals surface area contributed by atoms with Crippen molar-refractivity contribution in [2.45, 2.75) is 52.9 Å². The van der Waals surface area contributed by atoms with Crippen LogP contribution in [0.4, 0.5) is 0 Å². The molecule has 0 bridgehead atoms. The number of benzene rings is 2. The van der Waals surface area contributed by atoms with Gasteiger partial charge in [-0.1, -0.05) is 74.5 Å². The van der Waals surface area contributed by atoms with Crippen LogP contribution in [0.25, 0.3) is 0 Å². The van der Waals surface area contributed by atoms with E-state index in [1.165, 1.54) is 0 Å². The molecule has 3 heteroatoms. The SMILES string of the molecule is CC.CC(=O)C(Cc1ccccc1)CC(C)(O)OCc1ccccc1. The zero-order chi connectivity index (χ0) is 18.7. The van der Waals surface area contributed by atoms with Crippen molar-refractivity contribution >= 4 is 5.78 Å². The topological polar surface area (TPSA) is 46.5 Å². The second-order valence-electron chi connectivity index (χ2n) is 6.15. The number of ketones is 1. The highest BCUT2D eigenvalue weighted by molar-refractivity contribution is 5.78. The Bertz CT molecular complexity index is 606. The summed E-state index contributed by atoms with van der Waals surface area (Å²) in [7, 11) is 0. The summed E-state index contributed by atoms with van der Waals surface area (Å²) >= 11 is 0. The third-order valence-electron chi connectivity index (χ3n) is 3.92. The highest BCUT2D eigenvalue weighted by Gasteiger charge is 2.29. The first-order valence-electron chi connectivity index (χ1n) is 8.91. The van der Waals surface area contributed by atoms with Crippen molar-refractivity contribution in [3.05, 3.63) is 71.8 Å². The molecule has 0 saturated carbocycles. The molecule has 0 aromatic heterocycles. The number of rotatable bonds is 8. The van der Waals surface area contributed by atoms with Gasteiger partial charge in [0.1, 0.15) is 5.78 Å². The summed E-state index contributed by atoms with van der Waals surface area (Å²) in [5.74, 6) is -1.53. The lowest BCUT2D eigenvalue weighted by Crippen LogP contribution is -2.34. The van der Waals surface area contributed by atoms with Crippen molar-refractivity contribution in [2.24, 2.45) is 5.92 Å². The fourth-order valence-electron chi connectivity index (χ4n) is 2.59. The van der Waals surface area contributed by atoms with E-state index in [0.717, 1.165) is 11.1 Å². The van der Waals surface area contributed by atoms with Gasteiger partial charge in [0.2, 0.25) is 0 Å². The van der Waals surface area contributed by atoms with E-state index in [-0.39, 0.29) is 18.1 Å². The first-order valence-corrected chi connectivity index (χ1v) is 8.91. The monoisotopic (exact) mass is 342 g/mol. The predicted molar refractivity (Wildman–Crippen MR) is 102 cm³/mol. The largest absolute Gasteiger partial charge is 0.366 e. The smallest absolute Gasteiger partial charge is 0.163 e. The summed E-state index contributed by atoms with van der Waals surface area (Å²) in [5.41, 5.74) is 2.08. The maximum atomic E-state index is 11.9. The van der Waals surface area contributed by atoms with Gasteiger partial charge in [0, 0.05) is 12.3 Å². The molecule has 2 aromatic rings. The Labute approximate surface area is 151 Å². The minimum absolute atomic E-state index is 0.0671. The lowest BCUT2D eigenvalue weighted by molar-refractivity contribution is -0.208. The third kappa shape index (κ3) is 8.10. The van der Waals surface area contributed by atoms with E-state index < -0.39 is 5.79 Å². The van der Waals surface area contributed by atoms with Crippen LogP contribution in [0.3, 0.4) is 0 Å². The number of carbonyl (C=O) groups excluding carboxylic acids is 1. The zero-order valence-electron chi connectivity index (χ0n) is 15.7. The number of hydrogen-bond donors (Lipinski definition) is 1. The first kappa shape index (κ1) is 21.1. The van der Waals surface area contributed by atoms with Crippen molar-refractivity contribution in [1.29, 1.82) is 0 Å². The van der Waals surface area contributed by atoms with Crippen LogP contribution >= 0.6 is 0 Å². The van der Waals surface area contributed by atoms with Crippen LogP contribution in [0.1, 0.15) is 45.2 Å². The highest BCUT2D eigenvalue weighted by Crippen LogP contribution is 2.24. The van der Waals surface area contributed by atoms with Gasteiger partial charge in [0.15, 0.2) is 5.79 Å². The molecular weight excluding hydrogens is 312 g/mol. The zero-order valence-corrected chi connectivity index (χ0v) is 15.7. The molecule has 0 radical (unpaired) electrons. The Morgan fingerprint density at radius 3 is 1.96 bits per heavy atom. The minimum Gasteiger partial charge on any atom is -0.366 e. The molecule has 0 heterocycles. The first-order chi connectivity index (χ1) is 12.0. The summed E-state index contributed by atoms with van der Waals surface area (Å²) in [6.45, 7) is 7.52. The molecule has 3 nitrogen and oxygen atoms in total. The van der Waals surface area contributed by atoms with Gasteiger partial charge < -0.3 is 9.84 Å². The molecule has 2 rings (SSSR count). The Balaban J connectivity index is 0.00000151. The average Bonchev–Trinajstić information content (AvgIpc) is 2.63. The van der Waals surface area contributed by atoms with E-state index in [1.54, 1.807) is 13.8 Å². The van der Waals surface area contributed by atoms with Crippen molar-refractivity contribution < 1.29 is 14.6 Å². The standard InChI is InChI=1S/C20H24O3.C2H6/c1-16(21)19(13-17-9-5-3-6-10-17)14-20(2,22)23-15-18-11-7-4-8-12-18;1-2/h3-12,19,22H,13-15H2,1-2H3;1-2H3. The van der Waals surface area contributed by atoms with Crippen LogP contribution < -0.4 is 0 Å². The molecule has 25 heavy (non-hydrogen) atoms. The molecular formula is C22H30O3. The van der Waals surface area contributed by atoms with E-state index >= 15 is 0 Å². The van der Waals surface area contributed by atoms with Crippen molar-refractivity contribution in [3.63, 3.8) is 0 Å². The summed E-state index contributed by atoms with van der Waals surface area (Å²) in [6.07, 6.45) is 0.894. The second-order valence-corrected chi connectivity index (χ2v) is 6.15. The second kappa shape index (κ2) is 10.8.